The Kier molecular flexibility index (Phi) is 4.81. The van der Waals surface area contributed by atoms with Gasteiger partial charge in [-0.3, -0.25) is 0 Å². The average Bonchev–Trinajstić information content (AvgIpc) is 2.72. The summed E-state index contributed by atoms with van der Waals surface area (Å²) in [6.45, 7) is 2.42. The third-order valence-electron chi connectivity index (χ3n) is 4.56. The number of nitrogens with one attached hydrogen (secondary N) is 1. The Labute approximate surface area is 158 Å². The fraction of sp³-hybridized carbons (Fsp3) is 0.130. The van der Waals surface area contributed by atoms with Gasteiger partial charge in [0.1, 0.15) is 5.82 Å². The van der Waals surface area contributed by atoms with Crippen molar-refractivity contribution in [3.05, 3.63) is 90.0 Å². The molecular formula is C23H21N3O. The van der Waals surface area contributed by atoms with Gasteiger partial charge in [-0.25, -0.2) is 9.97 Å². The van der Waals surface area contributed by atoms with E-state index in [0.29, 0.717) is 12.4 Å². The highest BCUT2D eigenvalue weighted by Crippen LogP contribution is 2.25. The van der Waals surface area contributed by atoms with E-state index < -0.39 is 6.10 Å². The van der Waals surface area contributed by atoms with Gasteiger partial charge < -0.3 is 10.4 Å². The molecule has 0 saturated carbocycles. The van der Waals surface area contributed by atoms with Gasteiger partial charge in [0.25, 0.3) is 0 Å². The highest BCUT2D eigenvalue weighted by molar-refractivity contribution is 5.90. The van der Waals surface area contributed by atoms with Crippen LogP contribution in [-0.2, 0) is 6.54 Å². The monoisotopic (exact) mass is 355 g/mol. The lowest BCUT2D eigenvalue weighted by molar-refractivity contribution is 0.199. The second-order valence-electron chi connectivity index (χ2n) is 6.55. The van der Waals surface area contributed by atoms with E-state index in [9.17, 15) is 5.11 Å². The number of aliphatic hydroxyl groups is 1. The molecule has 134 valence electrons. The second-order valence-corrected chi connectivity index (χ2v) is 6.55. The zero-order chi connectivity index (χ0) is 18.6. The van der Waals surface area contributed by atoms with E-state index in [0.717, 1.165) is 33.4 Å². The third kappa shape index (κ3) is 3.81. The maximum Gasteiger partial charge on any atom is 0.162 e. The van der Waals surface area contributed by atoms with Gasteiger partial charge in [-0.15, -0.1) is 0 Å². The number of benzene rings is 3. The number of anilines is 1. The van der Waals surface area contributed by atoms with Crippen LogP contribution in [0.2, 0.25) is 0 Å². The molecule has 2 N–H and O–H groups in total. The van der Waals surface area contributed by atoms with Crippen molar-refractivity contribution >= 4 is 16.7 Å². The molecule has 27 heavy (non-hydrogen) atoms. The Bertz CT molecular complexity index is 1040. The van der Waals surface area contributed by atoms with Crippen molar-refractivity contribution in [2.75, 3.05) is 5.32 Å². The van der Waals surface area contributed by atoms with Gasteiger partial charge in [-0.1, -0.05) is 66.7 Å². The smallest absolute Gasteiger partial charge is 0.162 e. The van der Waals surface area contributed by atoms with E-state index in [4.69, 9.17) is 9.97 Å². The zero-order valence-corrected chi connectivity index (χ0v) is 15.1. The SMILES string of the molecule is CC(O)c1ccc(CNc2nc(-c3ccccc3)nc3ccccc23)cc1. The van der Waals surface area contributed by atoms with E-state index in [2.05, 4.69) is 5.32 Å². The molecule has 1 atom stereocenters. The van der Waals surface area contributed by atoms with Gasteiger partial charge >= 0.3 is 0 Å². The first-order valence-electron chi connectivity index (χ1n) is 9.04. The Morgan fingerprint density at radius 1 is 0.852 bits per heavy atom. The number of hydrogen-bond donors (Lipinski definition) is 2. The van der Waals surface area contributed by atoms with Crippen LogP contribution in [0.1, 0.15) is 24.2 Å². The zero-order valence-electron chi connectivity index (χ0n) is 15.1. The maximum absolute atomic E-state index is 9.65. The molecule has 1 unspecified atom stereocenters. The van der Waals surface area contributed by atoms with E-state index in [1.165, 1.54) is 0 Å². The molecule has 0 aliphatic carbocycles. The summed E-state index contributed by atoms with van der Waals surface area (Å²) in [5.74, 6) is 1.53. The minimum absolute atomic E-state index is 0.453. The van der Waals surface area contributed by atoms with Gasteiger partial charge in [-0.05, 0) is 30.2 Å². The lowest BCUT2D eigenvalue weighted by atomic mass is 10.1. The highest BCUT2D eigenvalue weighted by Gasteiger charge is 2.09. The second kappa shape index (κ2) is 7.56. The molecule has 0 spiro atoms. The maximum atomic E-state index is 9.65. The topological polar surface area (TPSA) is 58.0 Å². The van der Waals surface area contributed by atoms with E-state index in [1.54, 1.807) is 6.92 Å². The summed E-state index contributed by atoms with van der Waals surface area (Å²) in [5, 5.41) is 14.1. The predicted octanol–water partition coefficient (Wildman–Crippen LogP) is 4.96. The van der Waals surface area contributed by atoms with Gasteiger partial charge in [0.05, 0.1) is 11.6 Å². The molecule has 0 aliphatic heterocycles. The summed E-state index contributed by atoms with van der Waals surface area (Å²) in [5.41, 5.74) is 3.95. The van der Waals surface area contributed by atoms with Crippen molar-refractivity contribution in [1.29, 1.82) is 0 Å². The van der Waals surface area contributed by atoms with Crippen LogP contribution in [0.5, 0.6) is 0 Å². The largest absolute Gasteiger partial charge is 0.389 e. The van der Waals surface area contributed by atoms with Crippen molar-refractivity contribution in [3.8, 4) is 11.4 Å². The number of aliphatic hydroxyl groups excluding tert-OH is 1. The summed E-state index contributed by atoms with van der Waals surface area (Å²) < 4.78 is 0. The van der Waals surface area contributed by atoms with Crippen molar-refractivity contribution in [2.24, 2.45) is 0 Å². The Hall–Kier alpha value is -3.24. The normalized spacial score (nSPS) is 12.1. The van der Waals surface area contributed by atoms with Gasteiger partial charge in [0, 0.05) is 17.5 Å². The molecule has 4 nitrogen and oxygen atoms in total. The van der Waals surface area contributed by atoms with Gasteiger partial charge in [0.15, 0.2) is 5.82 Å². The molecule has 0 radical (unpaired) electrons. The number of hydrogen-bond acceptors (Lipinski definition) is 4. The lowest BCUT2D eigenvalue weighted by Gasteiger charge is -2.12. The minimum atomic E-state index is -0.453. The molecule has 0 aliphatic rings. The van der Waals surface area contributed by atoms with Crippen LogP contribution in [0.25, 0.3) is 22.3 Å². The molecule has 0 saturated heterocycles. The molecule has 0 bridgehead atoms. The Balaban J connectivity index is 1.66. The molecule has 0 amide bonds. The van der Waals surface area contributed by atoms with Crippen LogP contribution < -0.4 is 5.32 Å². The summed E-state index contributed by atoms with van der Waals surface area (Å²) in [7, 11) is 0. The van der Waals surface area contributed by atoms with Crippen LogP contribution in [0.3, 0.4) is 0 Å². The number of nitrogens with zero attached hydrogens (tertiary/aromatic N) is 2. The number of aromatic nitrogens is 2. The van der Waals surface area contributed by atoms with Gasteiger partial charge in [0.2, 0.25) is 0 Å². The first kappa shape index (κ1) is 17.2. The Morgan fingerprint density at radius 3 is 2.30 bits per heavy atom. The van der Waals surface area contributed by atoms with Crippen molar-refractivity contribution < 1.29 is 5.11 Å². The van der Waals surface area contributed by atoms with E-state index >= 15 is 0 Å². The predicted molar refractivity (Wildman–Crippen MR) is 109 cm³/mol. The lowest BCUT2D eigenvalue weighted by Crippen LogP contribution is -2.04. The summed E-state index contributed by atoms with van der Waals surface area (Å²) in [4.78, 5) is 9.48. The fourth-order valence-corrected chi connectivity index (χ4v) is 3.03. The average molecular weight is 355 g/mol. The molecule has 4 rings (SSSR count). The van der Waals surface area contributed by atoms with Crippen LogP contribution in [0.15, 0.2) is 78.9 Å². The summed E-state index contributed by atoms with van der Waals surface area (Å²) >= 11 is 0. The molecule has 3 aromatic carbocycles. The van der Waals surface area contributed by atoms with Crippen molar-refractivity contribution in [3.63, 3.8) is 0 Å². The van der Waals surface area contributed by atoms with Gasteiger partial charge in [-0.2, -0.15) is 0 Å². The van der Waals surface area contributed by atoms with Crippen LogP contribution >= 0.6 is 0 Å². The number of rotatable bonds is 5. The quantitative estimate of drug-likeness (QED) is 0.531. The summed E-state index contributed by atoms with van der Waals surface area (Å²) in [6.07, 6.45) is -0.453. The molecule has 4 heteroatoms. The molecule has 0 fully saturated rings. The third-order valence-corrected chi connectivity index (χ3v) is 4.56. The standard InChI is InChI=1S/C23H21N3O/c1-16(27)18-13-11-17(12-14-18)15-24-23-20-9-5-6-10-21(20)25-22(26-23)19-7-3-2-4-8-19/h2-14,16,27H,15H2,1H3,(H,24,25,26). The fourth-order valence-electron chi connectivity index (χ4n) is 3.03. The van der Waals surface area contributed by atoms with E-state index in [-0.39, 0.29) is 0 Å². The van der Waals surface area contributed by atoms with Crippen LogP contribution in [0, 0.1) is 0 Å². The van der Waals surface area contributed by atoms with Crippen molar-refractivity contribution in [2.45, 2.75) is 19.6 Å². The number of fused-ring (bicyclic) bond motifs is 1. The minimum Gasteiger partial charge on any atom is -0.389 e. The Morgan fingerprint density at radius 2 is 1.56 bits per heavy atom. The molecular weight excluding hydrogens is 334 g/mol. The van der Waals surface area contributed by atoms with Crippen LogP contribution in [0.4, 0.5) is 5.82 Å². The molecule has 4 aromatic rings. The first-order chi connectivity index (χ1) is 13.2. The number of para-hydroxylation sites is 1. The highest BCUT2D eigenvalue weighted by atomic mass is 16.3. The molecule has 1 aromatic heterocycles. The summed E-state index contributed by atoms with van der Waals surface area (Å²) in [6, 6.07) is 26.0. The van der Waals surface area contributed by atoms with E-state index in [1.807, 2.05) is 78.9 Å². The van der Waals surface area contributed by atoms with Crippen molar-refractivity contribution in [1.82, 2.24) is 9.97 Å². The first-order valence-corrected chi connectivity index (χ1v) is 9.04. The molecule has 1 heterocycles. The van der Waals surface area contributed by atoms with Crippen LogP contribution in [-0.4, -0.2) is 15.1 Å².